The maximum atomic E-state index is 12.3. The first-order valence-corrected chi connectivity index (χ1v) is 8.38. The number of aliphatic imine (C=N–C) groups is 1. The third-order valence-corrected chi connectivity index (χ3v) is 3.53. The number of nitrogens with one attached hydrogen (secondary N) is 2. The lowest BCUT2D eigenvalue weighted by Gasteiger charge is -2.15. The topological polar surface area (TPSA) is 64.1 Å². The van der Waals surface area contributed by atoms with Crippen LogP contribution in [0.1, 0.15) is 12.5 Å². The van der Waals surface area contributed by atoms with Gasteiger partial charge in [-0.1, -0.05) is 12.1 Å². The number of ether oxygens (including phenoxy) is 3. The van der Waals surface area contributed by atoms with E-state index in [4.69, 9.17) is 9.47 Å². The summed E-state index contributed by atoms with van der Waals surface area (Å²) in [6.45, 7) is -0.0227. The number of alkyl halides is 2. The van der Waals surface area contributed by atoms with Gasteiger partial charge in [0.15, 0.2) is 17.5 Å². The van der Waals surface area contributed by atoms with Crippen molar-refractivity contribution < 1.29 is 23.0 Å². The first kappa shape index (κ1) is 23.7. The van der Waals surface area contributed by atoms with E-state index in [-0.39, 0.29) is 29.7 Å². The van der Waals surface area contributed by atoms with Crippen LogP contribution in [-0.4, -0.2) is 33.3 Å². The number of hydrogen-bond donors (Lipinski definition) is 2. The van der Waals surface area contributed by atoms with Crippen molar-refractivity contribution in [3.63, 3.8) is 0 Å². The molecule has 9 heteroatoms. The molecule has 28 heavy (non-hydrogen) atoms. The van der Waals surface area contributed by atoms with Gasteiger partial charge in [0.25, 0.3) is 0 Å². The normalized spacial score (nSPS) is 10.9. The van der Waals surface area contributed by atoms with E-state index in [9.17, 15) is 8.78 Å². The van der Waals surface area contributed by atoms with Crippen molar-refractivity contribution in [3.05, 3.63) is 48.0 Å². The van der Waals surface area contributed by atoms with Crippen molar-refractivity contribution >= 4 is 35.6 Å². The molecule has 0 spiro atoms. The molecule has 0 aliphatic rings. The number of halogens is 3. The fourth-order valence-corrected chi connectivity index (χ4v) is 2.35. The van der Waals surface area contributed by atoms with Crippen molar-refractivity contribution in [2.75, 3.05) is 26.1 Å². The van der Waals surface area contributed by atoms with Crippen LogP contribution < -0.4 is 24.8 Å². The molecule has 0 aromatic heterocycles. The van der Waals surface area contributed by atoms with Gasteiger partial charge in [-0.3, -0.25) is 4.99 Å². The molecular formula is C19H24F2IN3O3. The highest BCUT2D eigenvalue weighted by atomic mass is 127. The number of methoxy groups -OCH3 is 1. The Hall–Kier alpha value is -2.30. The summed E-state index contributed by atoms with van der Waals surface area (Å²) in [6.07, 6.45) is 0. The van der Waals surface area contributed by atoms with Gasteiger partial charge in [-0.25, -0.2) is 0 Å². The molecule has 0 atom stereocenters. The van der Waals surface area contributed by atoms with Crippen LogP contribution in [0.5, 0.6) is 17.2 Å². The Bertz CT molecular complexity index is 776. The number of rotatable bonds is 8. The van der Waals surface area contributed by atoms with E-state index in [1.54, 1.807) is 38.4 Å². The van der Waals surface area contributed by atoms with Crippen LogP contribution >= 0.6 is 24.0 Å². The van der Waals surface area contributed by atoms with Gasteiger partial charge in [0.2, 0.25) is 0 Å². The highest BCUT2D eigenvalue weighted by Gasteiger charge is 2.08. The highest BCUT2D eigenvalue weighted by Crippen LogP contribution is 2.30. The number of anilines is 1. The molecular weight excluding hydrogens is 483 g/mol. The Balaban J connectivity index is 0.00000392. The number of benzene rings is 2. The molecule has 2 aromatic rings. The molecule has 0 saturated carbocycles. The second-order valence-electron chi connectivity index (χ2n) is 5.38. The Morgan fingerprint density at radius 1 is 1.14 bits per heavy atom. The second kappa shape index (κ2) is 12.2. The molecule has 0 aliphatic carbocycles. The first-order chi connectivity index (χ1) is 13.0. The van der Waals surface area contributed by atoms with Gasteiger partial charge in [-0.2, -0.15) is 8.78 Å². The van der Waals surface area contributed by atoms with E-state index in [0.29, 0.717) is 30.6 Å². The lowest BCUT2D eigenvalue weighted by atomic mass is 10.2. The number of nitrogens with zero attached hydrogens (tertiary/aromatic N) is 1. The molecule has 2 rings (SSSR count). The van der Waals surface area contributed by atoms with Crippen molar-refractivity contribution in [2.24, 2.45) is 4.99 Å². The highest BCUT2D eigenvalue weighted by molar-refractivity contribution is 14.0. The Morgan fingerprint density at radius 2 is 1.93 bits per heavy atom. The van der Waals surface area contributed by atoms with Gasteiger partial charge in [0.05, 0.1) is 13.7 Å². The molecule has 6 nitrogen and oxygen atoms in total. The minimum absolute atomic E-state index is 0. The molecule has 2 N–H and O–H groups in total. The third kappa shape index (κ3) is 7.37. The van der Waals surface area contributed by atoms with E-state index in [1.165, 1.54) is 6.07 Å². The molecule has 0 aliphatic heterocycles. The summed E-state index contributed by atoms with van der Waals surface area (Å²) in [4.78, 5) is 4.15. The van der Waals surface area contributed by atoms with Crippen LogP contribution in [0.3, 0.4) is 0 Å². The molecule has 0 unspecified atom stereocenters. The Labute approximate surface area is 180 Å². The van der Waals surface area contributed by atoms with Crippen LogP contribution in [0.25, 0.3) is 0 Å². The average Bonchev–Trinajstić information content (AvgIpc) is 2.66. The monoisotopic (exact) mass is 507 g/mol. The summed E-state index contributed by atoms with van der Waals surface area (Å²) < 4.78 is 39.9. The third-order valence-electron chi connectivity index (χ3n) is 3.53. The Kier molecular flexibility index (Phi) is 10.4. The summed E-state index contributed by atoms with van der Waals surface area (Å²) in [6, 6.07) is 11.9. The summed E-state index contributed by atoms with van der Waals surface area (Å²) in [7, 11) is 3.21. The van der Waals surface area contributed by atoms with Gasteiger partial charge < -0.3 is 24.8 Å². The van der Waals surface area contributed by atoms with Gasteiger partial charge in [-0.05, 0) is 36.8 Å². The van der Waals surface area contributed by atoms with Crippen LogP contribution in [0.2, 0.25) is 0 Å². The largest absolute Gasteiger partial charge is 0.493 e. The quantitative estimate of drug-likeness (QED) is 0.313. The van der Waals surface area contributed by atoms with Crippen molar-refractivity contribution in [1.29, 1.82) is 0 Å². The molecule has 154 valence electrons. The fraction of sp³-hybridized carbons (Fsp3) is 0.316. The van der Waals surface area contributed by atoms with Crippen LogP contribution in [0, 0.1) is 0 Å². The molecule has 0 heterocycles. The summed E-state index contributed by atoms with van der Waals surface area (Å²) in [5, 5.41) is 6.26. The fourth-order valence-electron chi connectivity index (χ4n) is 2.35. The minimum atomic E-state index is -2.85. The zero-order chi connectivity index (χ0) is 19.6. The minimum Gasteiger partial charge on any atom is -0.493 e. The van der Waals surface area contributed by atoms with Crippen LogP contribution in [0.15, 0.2) is 47.5 Å². The summed E-state index contributed by atoms with van der Waals surface area (Å²) >= 11 is 0. The number of guanidine groups is 1. The molecule has 0 saturated heterocycles. The smallest absolute Gasteiger partial charge is 0.387 e. The summed E-state index contributed by atoms with van der Waals surface area (Å²) in [5.41, 5.74) is 1.54. The van der Waals surface area contributed by atoms with Gasteiger partial charge in [0.1, 0.15) is 5.75 Å². The standard InChI is InChI=1S/C19H23F2N3O3.HI/c1-4-26-16-9-8-14(11-17(16)25-3)24-19(22-2)23-12-13-6-5-7-15(10-13)27-18(20)21;/h5-11,18H,4,12H2,1-3H3,(H2,22,23,24);1H. The van der Waals surface area contributed by atoms with E-state index in [1.807, 2.05) is 19.1 Å². The SMILES string of the molecule is CCOc1ccc(NC(=NC)NCc2cccc(OC(F)F)c2)cc1OC.I. The van der Waals surface area contributed by atoms with E-state index in [2.05, 4.69) is 20.4 Å². The predicted octanol–water partition coefficient (Wildman–Crippen LogP) is 4.50. The summed E-state index contributed by atoms with van der Waals surface area (Å²) in [5.74, 6) is 1.89. The second-order valence-corrected chi connectivity index (χ2v) is 5.38. The molecule has 0 radical (unpaired) electrons. The number of hydrogen-bond acceptors (Lipinski definition) is 4. The molecule has 0 fully saturated rings. The maximum absolute atomic E-state index is 12.3. The lowest BCUT2D eigenvalue weighted by Crippen LogP contribution is -2.30. The van der Waals surface area contributed by atoms with Crippen molar-refractivity contribution in [2.45, 2.75) is 20.1 Å². The molecule has 2 aromatic carbocycles. The van der Waals surface area contributed by atoms with E-state index < -0.39 is 6.61 Å². The average molecular weight is 507 g/mol. The predicted molar refractivity (Wildman–Crippen MR) is 116 cm³/mol. The molecule has 0 amide bonds. The zero-order valence-corrected chi connectivity index (χ0v) is 18.2. The lowest BCUT2D eigenvalue weighted by molar-refractivity contribution is -0.0498. The van der Waals surface area contributed by atoms with Gasteiger partial charge in [-0.15, -0.1) is 24.0 Å². The zero-order valence-electron chi connectivity index (χ0n) is 15.9. The van der Waals surface area contributed by atoms with Crippen LogP contribution in [-0.2, 0) is 6.54 Å². The molecule has 0 bridgehead atoms. The first-order valence-electron chi connectivity index (χ1n) is 8.38. The van der Waals surface area contributed by atoms with E-state index >= 15 is 0 Å². The van der Waals surface area contributed by atoms with Crippen molar-refractivity contribution in [1.82, 2.24) is 5.32 Å². The van der Waals surface area contributed by atoms with Gasteiger partial charge in [0, 0.05) is 25.3 Å². The van der Waals surface area contributed by atoms with Gasteiger partial charge >= 0.3 is 6.61 Å². The van der Waals surface area contributed by atoms with Crippen molar-refractivity contribution in [3.8, 4) is 17.2 Å². The van der Waals surface area contributed by atoms with Crippen LogP contribution in [0.4, 0.5) is 14.5 Å². The maximum Gasteiger partial charge on any atom is 0.387 e. The van der Waals surface area contributed by atoms with E-state index in [0.717, 1.165) is 11.3 Å². The Morgan fingerprint density at radius 3 is 2.57 bits per heavy atom.